The second-order valence-corrected chi connectivity index (χ2v) is 8.36. The van der Waals surface area contributed by atoms with Crippen LogP contribution in [0.3, 0.4) is 0 Å². The van der Waals surface area contributed by atoms with Gasteiger partial charge >= 0.3 is 0 Å². The molecule has 2 saturated heterocycles. The molecule has 33 heavy (non-hydrogen) atoms. The third-order valence-corrected chi connectivity index (χ3v) is 6.18. The molecule has 9 heteroatoms. The molecular formula is C24H23FN4O4. The Kier molecular flexibility index (Phi) is 5.53. The lowest BCUT2D eigenvalue weighted by atomic mass is 9.96. The van der Waals surface area contributed by atoms with Crippen molar-refractivity contribution in [3.8, 4) is 5.75 Å². The van der Waals surface area contributed by atoms with Crippen LogP contribution in [0.15, 0.2) is 53.1 Å². The Morgan fingerprint density at radius 2 is 1.91 bits per heavy atom. The summed E-state index contributed by atoms with van der Waals surface area (Å²) in [5.74, 6) is 0.870. The van der Waals surface area contributed by atoms with Gasteiger partial charge in [0.05, 0.1) is 18.9 Å². The summed E-state index contributed by atoms with van der Waals surface area (Å²) >= 11 is 0. The number of halogens is 1. The first-order valence-electron chi connectivity index (χ1n) is 10.8. The molecule has 0 spiro atoms. The van der Waals surface area contributed by atoms with Crippen LogP contribution in [0.5, 0.6) is 5.75 Å². The van der Waals surface area contributed by atoms with Crippen LogP contribution >= 0.6 is 0 Å². The van der Waals surface area contributed by atoms with Gasteiger partial charge in [-0.2, -0.15) is 4.98 Å². The molecule has 2 fully saturated rings. The molecule has 0 aliphatic carbocycles. The standard InChI is InChI=1S/C24H23FN4O4/c1-32-20-5-3-2-4-15(20)10-21-26-23(33-27-21)17-12-28(13-17)24(31)16-11-22(30)29(14-16)19-8-6-18(25)7-9-19/h2-9,16-17H,10-14H2,1H3. The van der Waals surface area contributed by atoms with Gasteiger partial charge in [-0.1, -0.05) is 23.4 Å². The average molecular weight is 450 g/mol. The third kappa shape index (κ3) is 4.18. The van der Waals surface area contributed by atoms with Gasteiger partial charge in [-0.3, -0.25) is 9.59 Å². The summed E-state index contributed by atoms with van der Waals surface area (Å²) in [5.41, 5.74) is 1.57. The van der Waals surface area contributed by atoms with Crippen molar-refractivity contribution in [1.29, 1.82) is 0 Å². The van der Waals surface area contributed by atoms with E-state index in [1.165, 1.54) is 12.1 Å². The van der Waals surface area contributed by atoms with Crippen molar-refractivity contribution in [3.05, 3.63) is 71.6 Å². The molecule has 5 rings (SSSR count). The van der Waals surface area contributed by atoms with Gasteiger partial charge in [0.25, 0.3) is 0 Å². The fourth-order valence-electron chi connectivity index (χ4n) is 4.34. The number of hydrogen-bond acceptors (Lipinski definition) is 6. The van der Waals surface area contributed by atoms with Gasteiger partial charge in [0.15, 0.2) is 5.82 Å². The van der Waals surface area contributed by atoms with Crippen LogP contribution in [0.25, 0.3) is 0 Å². The number of aromatic nitrogens is 2. The van der Waals surface area contributed by atoms with E-state index in [0.29, 0.717) is 43.5 Å². The number of carbonyl (C=O) groups excluding carboxylic acids is 2. The number of hydrogen-bond donors (Lipinski definition) is 0. The number of benzene rings is 2. The van der Waals surface area contributed by atoms with Crippen LogP contribution in [-0.4, -0.2) is 53.6 Å². The van der Waals surface area contributed by atoms with E-state index < -0.39 is 5.92 Å². The Hall–Kier alpha value is -3.75. The Morgan fingerprint density at radius 3 is 2.67 bits per heavy atom. The molecule has 3 aromatic rings. The average Bonchev–Trinajstić information content (AvgIpc) is 3.40. The third-order valence-electron chi connectivity index (χ3n) is 6.18. The van der Waals surface area contributed by atoms with Crippen LogP contribution in [0.2, 0.25) is 0 Å². The van der Waals surface area contributed by atoms with Gasteiger partial charge in [-0.05, 0) is 30.3 Å². The molecule has 0 bridgehead atoms. The topological polar surface area (TPSA) is 88.8 Å². The minimum Gasteiger partial charge on any atom is -0.496 e. The molecule has 2 amide bonds. The molecule has 2 aliphatic rings. The van der Waals surface area contributed by atoms with E-state index in [1.807, 2.05) is 24.3 Å². The number of amides is 2. The Bertz CT molecular complexity index is 1170. The molecule has 0 radical (unpaired) electrons. The number of methoxy groups -OCH3 is 1. The summed E-state index contributed by atoms with van der Waals surface area (Å²) in [7, 11) is 1.62. The first kappa shape index (κ1) is 21.1. The van der Waals surface area contributed by atoms with E-state index in [2.05, 4.69) is 10.1 Å². The molecule has 8 nitrogen and oxygen atoms in total. The maximum absolute atomic E-state index is 13.2. The van der Waals surface area contributed by atoms with Gasteiger partial charge < -0.3 is 19.1 Å². The first-order valence-corrected chi connectivity index (χ1v) is 10.8. The molecule has 170 valence electrons. The smallest absolute Gasteiger partial charge is 0.233 e. The molecule has 0 N–H and O–H groups in total. The molecule has 1 unspecified atom stereocenters. The largest absolute Gasteiger partial charge is 0.496 e. The number of nitrogens with zero attached hydrogens (tertiary/aromatic N) is 4. The maximum Gasteiger partial charge on any atom is 0.233 e. The summed E-state index contributed by atoms with van der Waals surface area (Å²) in [6.07, 6.45) is 0.646. The predicted molar refractivity (Wildman–Crippen MR) is 116 cm³/mol. The Morgan fingerprint density at radius 1 is 1.15 bits per heavy atom. The number of likely N-dealkylation sites (tertiary alicyclic amines) is 1. The Labute approximate surface area is 189 Å². The van der Waals surface area contributed by atoms with Crippen LogP contribution < -0.4 is 9.64 Å². The summed E-state index contributed by atoms with van der Waals surface area (Å²) in [5, 5.41) is 4.07. The molecule has 1 atom stereocenters. The number of carbonyl (C=O) groups is 2. The van der Waals surface area contributed by atoms with Crippen molar-refractivity contribution in [1.82, 2.24) is 15.0 Å². The summed E-state index contributed by atoms with van der Waals surface area (Å²) in [6.45, 7) is 1.26. The van der Waals surface area contributed by atoms with Gasteiger partial charge in [-0.25, -0.2) is 4.39 Å². The minimum absolute atomic E-state index is 0.0156. The molecule has 3 heterocycles. The van der Waals surface area contributed by atoms with Gasteiger partial charge in [0.1, 0.15) is 11.6 Å². The van der Waals surface area contributed by atoms with Gasteiger partial charge in [0, 0.05) is 43.7 Å². The van der Waals surface area contributed by atoms with Crippen molar-refractivity contribution in [2.24, 2.45) is 5.92 Å². The van der Waals surface area contributed by atoms with Crippen molar-refractivity contribution >= 4 is 17.5 Å². The van der Waals surface area contributed by atoms with Crippen molar-refractivity contribution in [3.63, 3.8) is 0 Å². The van der Waals surface area contributed by atoms with Gasteiger partial charge in [0.2, 0.25) is 17.7 Å². The molecule has 1 aromatic heterocycles. The van der Waals surface area contributed by atoms with Crippen LogP contribution in [0, 0.1) is 11.7 Å². The number of anilines is 1. The van der Waals surface area contributed by atoms with E-state index in [0.717, 1.165) is 11.3 Å². The zero-order valence-corrected chi connectivity index (χ0v) is 18.1. The number of para-hydroxylation sites is 1. The zero-order valence-electron chi connectivity index (χ0n) is 18.1. The highest BCUT2D eigenvalue weighted by atomic mass is 19.1. The second-order valence-electron chi connectivity index (χ2n) is 8.36. The highest BCUT2D eigenvalue weighted by Gasteiger charge is 2.42. The van der Waals surface area contributed by atoms with Crippen molar-refractivity contribution in [2.45, 2.75) is 18.8 Å². The maximum atomic E-state index is 13.2. The molecule has 2 aromatic carbocycles. The van der Waals surface area contributed by atoms with Crippen LogP contribution in [0.4, 0.5) is 10.1 Å². The lowest BCUT2D eigenvalue weighted by Crippen LogP contribution is -2.51. The van der Waals surface area contributed by atoms with E-state index in [9.17, 15) is 14.0 Å². The predicted octanol–water partition coefficient (Wildman–Crippen LogP) is 2.79. The lowest BCUT2D eigenvalue weighted by molar-refractivity contribution is -0.140. The highest BCUT2D eigenvalue weighted by molar-refractivity contribution is 6.00. The van der Waals surface area contributed by atoms with E-state index >= 15 is 0 Å². The molecule has 0 saturated carbocycles. The van der Waals surface area contributed by atoms with Crippen LogP contribution in [-0.2, 0) is 16.0 Å². The first-order chi connectivity index (χ1) is 16.0. The number of ether oxygens (including phenoxy) is 1. The summed E-state index contributed by atoms with van der Waals surface area (Å²) in [6, 6.07) is 13.4. The van der Waals surface area contributed by atoms with E-state index in [-0.39, 0.29) is 30.0 Å². The normalized spacial score (nSPS) is 18.5. The quantitative estimate of drug-likeness (QED) is 0.574. The Balaban J connectivity index is 1.17. The van der Waals surface area contributed by atoms with Gasteiger partial charge in [-0.15, -0.1) is 0 Å². The monoisotopic (exact) mass is 450 g/mol. The summed E-state index contributed by atoms with van der Waals surface area (Å²) < 4.78 is 24.0. The number of rotatable bonds is 6. The summed E-state index contributed by atoms with van der Waals surface area (Å²) in [4.78, 5) is 33.1. The zero-order chi connectivity index (χ0) is 22.9. The second kappa shape index (κ2) is 8.65. The fourth-order valence-corrected chi connectivity index (χ4v) is 4.34. The molecule has 2 aliphatic heterocycles. The highest BCUT2D eigenvalue weighted by Crippen LogP contribution is 2.32. The SMILES string of the molecule is COc1ccccc1Cc1noc(C2CN(C(=O)C3CC(=O)N(c4ccc(F)cc4)C3)C2)n1. The fraction of sp³-hybridized carbons (Fsp3) is 0.333. The van der Waals surface area contributed by atoms with Crippen molar-refractivity contribution < 1.29 is 23.2 Å². The van der Waals surface area contributed by atoms with E-state index in [1.54, 1.807) is 29.0 Å². The molecular weight excluding hydrogens is 427 g/mol. The van der Waals surface area contributed by atoms with Crippen molar-refractivity contribution in [2.75, 3.05) is 31.6 Å². The minimum atomic E-state index is -0.410. The van der Waals surface area contributed by atoms with E-state index in [4.69, 9.17) is 9.26 Å². The lowest BCUT2D eigenvalue weighted by Gasteiger charge is -2.38. The van der Waals surface area contributed by atoms with Crippen LogP contribution in [0.1, 0.15) is 29.6 Å².